The highest BCUT2D eigenvalue weighted by Gasteiger charge is 2.21. The summed E-state index contributed by atoms with van der Waals surface area (Å²) in [5.74, 6) is 0.00383. The minimum absolute atomic E-state index is 0.133. The van der Waals surface area contributed by atoms with Crippen molar-refractivity contribution in [2.24, 2.45) is 0 Å². The molecule has 7 nitrogen and oxygen atoms in total. The predicted molar refractivity (Wildman–Crippen MR) is 116 cm³/mol. The fraction of sp³-hybridized carbons (Fsp3) is 0. The number of allylic oxidation sites excluding steroid dienone is 1. The Hall–Kier alpha value is -4.05. The summed E-state index contributed by atoms with van der Waals surface area (Å²) in [6.45, 7) is 0. The Labute approximate surface area is 179 Å². The van der Waals surface area contributed by atoms with Gasteiger partial charge in [-0.15, -0.1) is 22.7 Å². The number of carboxylic acid groups (broad SMARTS) is 1. The first-order valence-electron chi connectivity index (χ1n) is 8.56. The molecule has 144 valence electrons. The number of thiophene rings is 2. The molecule has 0 atom stereocenters. The van der Waals surface area contributed by atoms with E-state index < -0.39 is 11.5 Å². The van der Waals surface area contributed by atoms with Gasteiger partial charge in [0.25, 0.3) is 0 Å². The van der Waals surface area contributed by atoms with Crippen molar-refractivity contribution >= 4 is 60.3 Å². The van der Waals surface area contributed by atoms with Gasteiger partial charge < -0.3 is 5.11 Å². The lowest BCUT2D eigenvalue weighted by Gasteiger charge is -2.20. The van der Waals surface area contributed by atoms with Crippen LogP contribution in [0, 0.1) is 22.7 Å². The molecule has 4 aromatic rings. The zero-order valence-corrected chi connectivity index (χ0v) is 16.8. The fourth-order valence-corrected chi connectivity index (χ4v) is 5.23. The Morgan fingerprint density at radius 3 is 2.03 bits per heavy atom. The van der Waals surface area contributed by atoms with Gasteiger partial charge in [0.05, 0.1) is 5.57 Å². The van der Waals surface area contributed by atoms with Crippen LogP contribution in [0.25, 0.3) is 15.0 Å². The number of carboxylic acids is 1. The van der Waals surface area contributed by atoms with Crippen LogP contribution in [0.3, 0.4) is 0 Å². The summed E-state index contributed by atoms with van der Waals surface area (Å²) in [5, 5.41) is 28.6. The maximum Gasteiger partial charge on any atom is 0.347 e. The highest BCUT2D eigenvalue weighted by atomic mass is 32.1. The van der Waals surface area contributed by atoms with Crippen LogP contribution in [0.4, 0.5) is 16.6 Å². The molecule has 0 spiro atoms. The molecule has 0 saturated heterocycles. The van der Waals surface area contributed by atoms with Crippen molar-refractivity contribution in [3.05, 3.63) is 71.4 Å². The van der Waals surface area contributed by atoms with Crippen LogP contribution >= 0.6 is 22.7 Å². The van der Waals surface area contributed by atoms with Gasteiger partial charge in [-0.1, -0.05) is 12.1 Å². The average molecular weight is 429 g/mol. The molecule has 0 radical (unpaired) electrons. The summed E-state index contributed by atoms with van der Waals surface area (Å²) in [6.07, 6.45) is 3.41. The zero-order valence-electron chi connectivity index (χ0n) is 15.2. The van der Waals surface area contributed by atoms with E-state index in [0.29, 0.717) is 16.5 Å². The number of pyridine rings is 2. The second-order valence-corrected chi connectivity index (χ2v) is 8.06. The van der Waals surface area contributed by atoms with E-state index in [-0.39, 0.29) is 5.57 Å². The van der Waals surface area contributed by atoms with Crippen molar-refractivity contribution in [2.45, 2.75) is 0 Å². The average Bonchev–Trinajstić information content (AvgIpc) is 3.32. The van der Waals surface area contributed by atoms with Crippen LogP contribution < -0.4 is 4.90 Å². The molecule has 0 amide bonds. The van der Waals surface area contributed by atoms with E-state index in [4.69, 9.17) is 5.26 Å². The van der Waals surface area contributed by atoms with Crippen LogP contribution in [-0.2, 0) is 4.79 Å². The molecule has 0 fully saturated rings. The molecule has 4 heterocycles. The fourth-order valence-electron chi connectivity index (χ4n) is 2.82. The van der Waals surface area contributed by atoms with E-state index in [2.05, 4.69) is 9.97 Å². The van der Waals surface area contributed by atoms with Crippen molar-refractivity contribution in [3.63, 3.8) is 0 Å². The van der Waals surface area contributed by atoms with Gasteiger partial charge in [-0.3, -0.25) is 4.90 Å². The molecule has 9 heteroatoms. The van der Waals surface area contributed by atoms with Gasteiger partial charge in [0.15, 0.2) is 5.57 Å². The van der Waals surface area contributed by atoms with Crippen LogP contribution in [0.5, 0.6) is 0 Å². The molecule has 0 unspecified atom stereocenters. The highest BCUT2D eigenvalue weighted by Crippen LogP contribution is 2.44. The molecular formula is C21H11N5O2S2. The number of anilines is 3. The lowest BCUT2D eigenvalue weighted by Crippen LogP contribution is -2.11. The van der Waals surface area contributed by atoms with E-state index in [1.54, 1.807) is 24.5 Å². The van der Waals surface area contributed by atoms with Gasteiger partial charge in [-0.2, -0.15) is 10.5 Å². The van der Waals surface area contributed by atoms with Gasteiger partial charge in [0.2, 0.25) is 0 Å². The smallest absolute Gasteiger partial charge is 0.347 e. The van der Waals surface area contributed by atoms with Crippen LogP contribution in [0.2, 0.25) is 0 Å². The predicted octanol–water partition coefficient (Wildman–Crippen LogP) is 5.11. The molecule has 0 bridgehead atoms. The standard InChI is InChI=1S/C21H11N5O2S2/c22-11-13(14(12-23)21(27)28)15-9-16-17(29-15)10-20(30-16)26(18-5-1-3-7-24-18)19-6-2-4-8-25-19/h1-10H,(H,27,28)/b14-13+. The topological polar surface area (TPSA) is 114 Å². The van der Waals surface area contributed by atoms with Crippen LogP contribution in [-0.4, -0.2) is 21.0 Å². The molecule has 0 aromatic carbocycles. The van der Waals surface area contributed by atoms with Crippen molar-refractivity contribution in [1.82, 2.24) is 9.97 Å². The second kappa shape index (κ2) is 8.13. The molecule has 4 aromatic heterocycles. The van der Waals surface area contributed by atoms with E-state index in [9.17, 15) is 15.2 Å². The van der Waals surface area contributed by atoms with Gasteiger partial charge in [0, 0.05) is 26.7 Å². The number of aromatic nitrogens is 2. The first-order valence-corrected chi connectivity index (χ1v) is 10.2. The molecule has 1 N–H and O–H groups in total. The SMILES string of the molecule is N#C/C(C(=O)O)=C(/C#N)c1cc2sc(N(c3ccccn3)c3ccccn3)cc2s1. The Kier molecular flexibility index (Phi) is 5.22. The summed E-state index contributed by atoms with van der Waals surface area (Å²) in [4.78, 5) is 22.5. The quantitative estimate of drug-likeness (QED) is 0.346. The number of fused-ring (bicyclic) bond motifs is 1. The molecule has 30 heavy (non-hydrogen) atoms. The second-order valence-electron chi connectivity index (χ2n) is 5.91. The van der Waals surface area contributed by atoms with Crippen molar-refractivity contribution < 1.29 is 9.90 Å². The maximum atomic E-state index is 11.3. The molecule has 0 saturated carbocycles. The highest BCUT2D eigenvalue weighted by molar-refractivity contribution is 7.30. The van der Waals surface area contributed by atoms with Gasteiger partial charge in [-0.05, 0) is 36.4 Å². The zero-order chi connectivity index (χ0) is 21.1. The first-order chi connectivity index (χ1) is 14.6. The third-order valence-corrected chi connectivity index (χ3v) is 6.40. The van der Waals surface area contributed by atoms with Gasteiger partial charge >= 0.3 is 5.97 Å². The maximum absolute atomic E-state index is 11.3. The minimum atomic E-state index is -1.41. The van der Waals surface area contributed by atoms with E-state index in [1.165, 1.54) is 22.7 Å². The number of aliphatic carboxylic acids is 1. The third kappa shape index (κ3) is 3.51. The molecule has 0 aliphatic rings. The summed E-state index contributed by atoms with van der Waals surface area (Å²) in [5.41, 5.74) is -0.693. The van der Waals surface area contributed by atoms with E-state index in [0.717, 1.165) is 14.4 Å². The van der Waals surface area contributed by atoms with Gasteiger partial charge in [0.1, 0.15) is 28.8 Å². The van der Waals surface area contributed by atoms with Crippen LogP contribution in [0.1, 0.15) is 4.88 Å². The largest absolute Gasteiger partial charge is 0.477 e. The van der Waals surface area contributed by atoms with Gasteiger partial charge in [-0.25, -0.2) is 14.8 Å². The van der Waals surface area contributed by atoms with E-state index in [1.807, 2.05) is 53.4 Å². The summed E-state index contributed by atoms with van der Waals surface area (Å²) in [7, 11) is 0. The lowest BCUT2D eigenvalue weighted by molar-refractivity contribution is -0.132. The first kappa shape index (κ1) is 19.3. The molecule has 0 aliphatic heterocycles. The summed E-state index contributed by atoms with van der Waals surface area (Å²) < 4.78 is 1.74. The molecule has 4 rings (SSSR count). The number of rotatable bonds is 5. The van der Waals surface area contributed by atoms with E-state index >= 15 is 0 Å². The Morgan fingerprint density at radius 2 is 1.57 bits per heavy atom. The number of hydrogen-bond donors (Lipinski definition) is 1. The Bertz CT molecular complexity index is 1270. The van der Waals surface area contributed by atoms with Crippen LogP contribution in [0.15, 0.2) is 66.5 Å². The normalized spacial score (nSPS) is 11.4. The number of carbonyl (C=O) groups is 1. The Morgan fingerprint density at radius 1 is 0.933 bits per heavy atom. The number of hydrogen-bond acceptors (Lipinski definition) is 8. The van der Waals surface area contributed by atoms with Crippen molar-refractivity contribution in [2.75, 3.05) is 4.90 Å². The summed E-state index contributed by atoms with van der Waals surface area (Å²) in [6, 6.07) is 18.4. The Balaban J connectivity index is 1.82. The summed E-state index contributed by atoms with van der Waals surface area (Å²) >= 11 is 2.73. The molecule has 0 aliphatic carbocycles. The number of nitriles is 2. The minimum Gasteiger partial charge on any atom is -0.477 e. The van der Waals surface area contributed by atoms with Crippen molar-refractivity contribution in [1.29, 1.82) is 10.5 Å². The monoisotopic (exact) mass is 429 g/mol. The number of nitrogens with zero attached hydrogens (tertiary/aromatic N) is 5. The molecular weight excluding hydrogens is 418 g/mol. The third-order valence-electron chi connectivity index (χ3n) is 4.11. The lowest BCUT2D eigenvalue weighted by atomic mass is 10.1. The van der Waals surface area contributed by atoms with Crippen molar-refractivity contribution in [3.8, 4) is 12.1 Å².